The fraction of sp³-hybridized carbons (Fsp3) is 0.500. The van der Waals surface area contributed by atoms with Crippen LogP contribution in [-0.4, -0.2) is 25.5 Å². The normalized spacial score (nSPS) is 14.4. The molecule has 5 nitrogen and oxygen atoms in total. The Labute approximate surface area is 149 Å². The Kier molecular flexibility index (Phi) is 6.62. The maximum atomic E-state index is 12.6. The largest absolute Gasteiger partial charge is 0.495 e. The average molecular weight is 344 g/mol. The van der Waals surface area contributed by atoms with E-state index in [0.717, 1.165) is 19.3 Å². The van der Waals surface area contributed by atoms with Crippen molar-refractivity contribution in [2.75, 3.05) is 19.0 Å². The van der Waals surface area contributed by atoms with E-state index >= 15 is 0 Å². The van der Waals surface area contributed by atoms with E-state index in [1.54, 1.807) is 33.1 Å². The summed E-state index contributed by atoms with van der Waals surface area (Å²) in [4.78, 5) is 25.0. The Morgan fingerprint density at radius 3 is 2.60 bits per heavy atom. The summed E-state index contributed by atoms with van der Waals surface area (Å²) in [7, 11) is 1.54. The van der Waals surface area contributed by atoms with Crippen molar-refractivity contribution >= 4 is 17.5 Å². The monoisotopic (exact) mass is 344 g/mol. The summed E-state index contributed by atoms with van der Waals surface area (Å²) < 4.78 is 5.23. The molecular weight excluding hydrogens is 316 g/mol. The number of hydrogen-bond donors (Lipinski definition) is 2. The first-order valence-electron chi connectivity index (χ1n) is 8.86. The van der Waals surface area contributed by atoms with E-state index in [9.17, 15) is 9.59 Å². The Hall–Kier alpha value is -2.30. The number of carbonyl (C=O) groups excluding carboxylic acids is 2. The molecule has 0 saturated carbocycles. The zero-order valence-electron chi connectivity index (χ0n) is 15.4. The van der Waals surface area contributed by atoms with E-state index in [-0.39, 0.29) is 11.8 Å². The molecular formula is C20H28N2O3. The van der Waals surface area contributed by atoms with Gasteiger partial charge in [-0.15, -0.1) is 0 Å². The van der Waals surface area contributed by atoms with Gasteiger partial charge in [-0.3, -0.25) is 9.59 Å². The van der Waals surface area contributed by atoms with Gasteiger partial charge in [-0.05, 0) is 58.1 Å². The van der Waals surface area contributed by atoms with Gasteiger partial charge in [0.15, 0.2) is 0 Å². The highest BCUT2D eigenvalue weighted by Gasteiger charge is 2.36. The summed E-state index contributed by atoms with van der Waals surface area (Å²) in [5.41, 5.74) is 0.799. The number of allylic oxidation sites excluding steroid dienone is 1. The molecule has 2 rings (SSSR count). The first-order valence-corrected chi connectivity index (χ1v) is 8.86. The Balaban J connectivity index is 1.90. The highest BCUT2D eigenvalue weighted by molar-refractivity contribution is 6.10. The minimum atomic E-state index is -1.16. The molecule has 136 valence electrons. The third-order valence-corrected chi connectivity index (χ3v) is 4.61. The lowest BCUT2D eigenvalue weighted by molar-refractivity contribution is -0.138. The van der Waals surface area contributed by atoms with E-state index in [1.807, 2.05) is 12.1 Å². The smallest absolute Gasteiger partial charge is 0.239 e. The molecule has 2 amide bonds. The molecule has 0 heterocycles. The predicted molar refractivity (Wildman–Crippen MR) is 99.6 cm³/mol. The summed E-state index contributed by atoms with van der Waals surface area (Å²) in [6, 6.07) is 7.15. The van der Waals surface area contributed by atoms with E-state index in [1.165, 1.54) is 18.4 Å². The van der Waals surface area contributed by atoms with Crippen molar-refractivity contribution in [2.45, 2.75) is 46.0 Å². The molecule has 25 heavy (non-hydrogen) atoms. The van der Waals surface area contributed by atoms with Crippen LogP contribution in [0.5, 0.6) is 5.75 Å². The van der Waals surface area contributed by atoms with Crippen LogP contribution in [0.2, 0.25) is 0 Å². The second kappa shape index (κ2) is 8.70. The third-order valence-electron chi connectivity index (χ3n) is 4.61. The second-order valence-corrected chi connectivity index (χ2v) is 6.89. The number of amides is 2. The minimum absolute atomic E-state index is 0.267. The van der Waals surface area contributed by atoms with Gasteiger partial charge in [0.2, 0.25) is 11.8 Å². The molecule has 0 unspecified atom stereocenters. The molecule has 1 aromatic carbocycles. The van der Waals surface area contributed by atoms with Crippen LogP contribution in [0, 0.1) is 5.41 Å². The number of hydrogen-bond acceptors (Lipinski definition) is 3. The van der Waals surface area contributed by atoms with Crippen LogP contribution in [0.15, 0.2) is 35.9 Å². The van der Waals surface area contributed by atoms with Gasteiger partial charge < -0.3 is 15.4 Å². The average Bonchev–Trinajstić information content (AvgIpc) is 2.62. The number of rotatable bonds is 7. The van der Waals surface area contributed by atoms with Crippen LogP contribution in [0.3, 0.4) is 0 Å². The van der Waals surface area contributed by atoms with Crippen molar-refractivity contribution in [1.29, 1.82) is 0 Å². The Morgan fingerprint density at radius 1 is 1.16 bits per heavy atom. The first kappa shape index (κ1) is 19.0. The number of methoxy groups -OCH3 is 1. The standard InChI is InChI=1S/C20H28N2O3/c1-20(2,18(23)21-14-13-15-9-5-4-6-10-15)19(24)22-16-11-7-8-12-17(16)25-3/h7-9,11-12H,4-6,10,13-14H2,1-3H3,(H,21,23)(H,22,24). The van der Waals surface area contributed by atoms with Crippen LogP contribution in [0.25, 0.3) is 0 Å². The predicted octanol–water partition coefficient (Wildman–Crippen LogP) is 3.67. The lowest BCUT2D eigenvalue weighted by Crippen LogP contribution is -2.45. The number of carbonyl (C=O) groups is 2. The Morgan fingerprint density at radius 2 is 1.92 bits per heavy atom. The number of anilines is 1. The van der Waals surface area contributed by atoms with Gasteiger partial charge in [0.25, 0.3) is 0 Å². The number of para-hydroxylation sites is 2. The fourth-order valence-corrected chi connectivity index (χ4v) is 2.82. The molecule has 1 aliphatic carbocycles. The molecule has 0 saturated heterocycles. The topological polar surface area (TPSA) is 67.4 Å². The van der Waals surface area contributed by atoms with Gasteiger partial charge >= 0.3 is 0 Å². The first-order chi connectivity index (χ1) is 11.9. The van der Waals surface area contributed by atoms with Crippen molar-refractivity contribution in [3.63, 3.8) is 0 Å². The van der Waals surface area contributed by atoms with Gasteiger partial charge in [-0.25, -0.2) is 0 Å². The van der Waals surface area contributed by atoms with Crippen molar-refractivity contribution in [3.8, 4) is 5.75 Å². The number of ether oxygens (including phenoxy) is 1. The molecule has 0 spiro atoms. The van der Waals surface area contributed by atoms with Crippen LogP contribution < -0.4 is 15.4 Å². The SMILES string of the molecule is COc1ccccc1NC(=O)C(C)(C)C(=O)NCCC1=CCCCC1. The molecule has 1 aliphatic rings. The maximum absolute atomic E-state index is 12.6. The molecule has 2 N–H and O–H groups in total. The fourth-order valence-electron chi connectivity index (χ4n) is 2.82. The maximum Gasteiger partial charge on any atom is 0.239 e. The minimum Gasteiger partial charge on any atom is -0.495 e. The van der Waals surface area contributed by atoms with Crippen molar-refractivity contribution in [2.24, 2.45) is 5.41 Å². The highest BCUT2D eigenvalue weighted by atomic mass is 16.5. The van der Waals surface area contributed by atoms with Crippen molar-refractivity contribution in [3.05, 3.63) is 35.9 Å². The molecule has 5 heteroatoms. The Bertz CT molecular complexity index is 650. The zero-order chi connectivity index (χ0) is 18.3. The van der Waals surface area contributed by atoms with Gasteiger partial charge in [0.1, 0.15) is 11.2 Å². The summed E-state index contributed by atoms with van der Waals surface area (Å²) in [5, 5.41) is 5.68. The molecule has 1 aromatic rings. The van der Waals surface area contributed by atoms with Crippen LogP contribution in [0.1, 0.15) is 46.0 Å². The van der Waals surface area contributed by atoms with Crippen LogP contribution >= 0.6 is 0 Å². The van der Waals surface area contributed by atoms with E-state index in [0.29, 0.717) is 18.0 Å². The molecule has 0 aromatic heterocycles. The number of nitrogens with one attached hydrogen (secondary N) is 2. The zero-order valence-corrected chi connectivity index (χ0v) is 15.4. The summed E-state index contributed by atoms with van der Waals surface area (Å²) in [6.45, 7) is 3.83. The van der Waals surface area contributed by atoms with E-state index < -0.39 is 5.41 Å². The van der Waals surface area contributed by atoms with Crippen molar-refractivity contribution in [1.82, 2.24) is 5.32 Å². The summed E-state index contributed by atoms with van der Waals surface area (Å²) >= 11 is 0. The highest BCUT2D eigenvalue weighted by Crippen LogP contribution is 2.26. The van der Waals surface area contributed by atoms with E-state index in [2.05, 4.69) is 16.7 Å². The van der Waals surface area contributed by atoms with Gasteiger partial charge in [0, 0.05) is 6.54 Å². The van der Waals surface area contributed by atoms with Gasteiger partial charge in [-0.2, -0.15) is 0 Å². The molecule has 0 aliphatic heterocycles. The molecule has 0 bridgehead atoms. The number of benzene rings is 1. The lowest BCUT2D eigenvalue weighted by atomic mass is 9.90. The third kappa shape index (κ3) is 5.08. The van der Waals surface area contributed by atoms with Crippen LogP contribution in [0.4, 0.5) is 5.69 Å². The molecule has 0 atom stereocenters. The quantitative estimate of drug-likeness (QED) is 0.586. The second-order valence-electron chi connectivity index (χ2n) is 6.89. The summed E-state index contributed by atoms with van der Waals surface area (Å²) in [5.74, 6) is -0.0565. The van der Waals surface area contributed by atoms with Crippen molar-refractivity contribution < 1.29 is 14.3 Å². The van der Waals surface area contributed by atoms with E-state index in [4.69, 9.17) is 4.74 Å². The van der Waals surface area contributed by atoms with Crippen LogP contribution in [-0.2, 0) is 9.59 Å². The summed E-state index contributed by atoms with van der Waals surface area (Å²) in [6.07, 6.45) is 7.87. The van der Waals surface area contributed by atoms with Gasteiger partial charge in [0.05, 0.1) is 12.8 Å². The lowest BCUT2D eigenvalue weighted by Gasteiger charge is -2.23. The molecule has 0 radical (unpaired) electrons. The van der Waals surface area contributed by atoms with Gasteiger partial charge in [-0.1, -0.05) is 23.8 Å². The molecule has 0 fully saturated rings.